The first-order valence-electron chi connectivity index (χ1n) is 7.89. The molecule has 1 atom stereocenters. The van der Waals surface area contributed by atoms with E-state index < -0.39 is 11.0 Å². The molecule has 0 saturated heterocycles. The van der Waals surface area contributed by atoms with E-state index in [1.54, 1.807) is 19.1 Å². The van der Waals surface area contributed by atoms with Gasteiger partial charge in [0.2, 0.25) is 5.91 Å². The van der Waals surface area contributed by atoms with Crippen molar-refractivity contribution in [3.63, 3.8) is 0 Å². The summed E-state index contributed by atoms with van der Waals surface area (Å²) in [6.07, 6.45) is 0. The van der Waals surface area contributed by atoms with E-state index in [0.29, 0.717) is 17.3 Å². The smallest absolute Gasteiger partial charge is 0.273 e. The van der Waals surface area contributed by atoms with E-state index in [1.165, 1.54) is 25.3 Å². The number of nitro benzene ring substituents is 1. The van der Waals surface area contributed by atoms with Crippen molar-refractivity contribution in [2.24, 2.45) is 0 Å². The van der Waals surface area contributed by atoms with E-state index in [0.717, 1.165) is 5.56 Å². The predicted octanol–water partition coefficient (Wildman–Crippen LogP) is 3.72. The highest BCUT2D eigenvalue weighted by Crippen LogP contribution is 2.29. The van der Waals surface area contributed by atoms with Gasteiger partial charge in [-0.2, -0.15) is 0 Å². The number of amides is 1. The fourth-order valence-electron chi connectivity index (χ4n) is 2.35. The summed E-state index contributed by atoms with van der Waals surface area (Å²) in [5.41, 5.74) is 1.31. The number of rotatable bonds is 7. The second-order valence-electron chi connectivity index (χ2n) is 5.85. The van der Waals surface area contributed by atoms with Crippen molar-refractivity contribution in [3.05, 3.63) is 63.2 Å². The normalized spacial score (nSPS) is 11.9. The second kappa shape index (κ2) is 8.64. The van der Waals surface area contributed by atoms with Crippen molar-refractivity contribution in [1.29, 1.82) is 0 Å². The van der Waals surface area contributed by atoms with Crippen molar-refractivity contribution in [1.82, 2.24) is 4.90 Å². The van der Waals surface area contributed by atoms with Crippen LogP contribution in [0.1, 0.15) is 12.5 Å². The Labute approximate surface area is 156 Å². The van der Waals surface area contributed by atoms with Crippen LogP contribution >= 0.6 is 11.6 Å². The lowest BCUT2D eigenvalue weighted by Gasteiger charge is -2.24. The minimum absolute atomic E-state index is 0.104. The Morgan fingerprint density at radius 1 is 1.31 bits per heavy atom. The van der Waals surface area contributed by atoms with Crippen LogP contribution in [0.3, 0.4) is 0 Å². The number of hydrogen-bond acceptors (Lipinski definition) is 5. The minimum Gasteiger partial charge on any atom is -0.494 e. The zero-order valence-electron chi connectivity index (χ0n) is 14.7. The van der Waals surface area contributed by atoms with Gasteiger partial charge in [0, 0.05) is 17.6 Å². The van der Waals surface area contributed by atoms with Crippen LogP contribution in [0, 0.1) is 10.1 Å². The van der Waals surface area contributed by atoms with E-state index in [9.17, 15) is 14.9 Å². The average molecular weight is 378 g/mol. The summed E-state index contributed by atoms with van der Waals surface area (Å²) < 4.78 is 5.14. The number of non-ortho nitro benzene ring substituents is 1. The molecule has 0 aromatic heterocycles. The van der Waals surface area contributed by atoms with E-state index in [-0.39, 0.29) is 17.3 Å². The molecule has 7 nitrogen and oxygen atoms in total. The van der Waals surface area contributed by atoms with Gasteiger partial charge in [-0.25, -0.2) is 0 Å². The summed E-state index contributed by atoms with van der Waals surface area (Å²) in [6, 6.07) is 11.0. The van der Waals surface area contributed by atoms with Crippen molar-refractivity contribution in [2.75, 3.05) is 19.5 Å². The number of benzene rings is 2. The minimum atomic E-state index is -0.517. The number of nitro groups is 1. The van der Waals surface area contributed by atoms with E-state index >= 15 is 0 Å². The molecule has 0 aliphatic rings. The van der Waals surface area contributed by atoms with Gasteiger partial charge in [-0.1, -0.05) is 23.7 Å². The third-order valence-corrected chi connectivity index (χ3v) is 4.29. The summed E-state index contributed by atoms with van der Waals surface area (Å²) >= 11 is 5.88. The highest BCUT2D eigenvalue weighted by Gasteiger charge is 2.20. The first-order valence-corrected chi connectivity index (χ1v) is 8.27. The maximum Gasteiger partial charge on any atom is 0.273 e. The molecule has 2 aromatic carbocycles. The van der Waals surface area contributed by atoms with Gasteiger partial charge in [-0.15, -0.1) is 0 Å². The third-order valence-electron chi connectivity index (χ3n) is 4.04. The molecule has 2 rings (SSSR count). The van der Waals surface area contributed by atoms with Crippen molar-refractivity contribution in [2.45, 2.75) is 19.5 Å². The maximum atomic E-state index is 12.5. The SMILES string of the molecule is COc1cc([N+](=O)[O-])ccc1NC(=O)[C@H](C)N(C)Cc1ccc(Cl)cc1. The highest BCUT2D eigenvalue weighted by molar-refractivity contribution is 6.30. The van der Waals surface area contributed by atoms with Crippen LogP contribution in [0.5, 0.6) is 5.75 Å². The number of ether oxygens (including phenoxy) is 1. The van der Waals surface area contributed by atoms with Crippen LogP contribution in [-0.4, -0.2) is 35.9 Å². The Hall–Kier alpha value is -2.64. The second-order valence-corrected chi connectivity index (χ2v) is 6.28. The molecule has 1 N–H and O–H groups in total. The Morgan fingerprint density at radius 3 is 2.54 bits per heavy atom. The number of carbonyl (C=O) groups excluding carboxylic acids is 1. The molecular weight excluding hydrogens is 358 g/mol. The van der Waals surface area contributed by atoms with Gasteiger partial charge in [-0.3, -0.25) is 19.8 Å². The molecule has 0 heterocycles. The molecule has 0 spiro atoms. The Kier molecular flexibility index (Phi) is 6.54. The van der Waals surface area contributed by atoms with Crippen LogP contribution in [0.2, 0.25) is 5.02 Å². The number of nitrogens with zero attached hydrogens (tertiary/aromatic N) is 2. The molecule has 0 saturated carbocycles. The predicted molar refractivity (Wildman–Crippen MR) is 101 cm³/mol. The Bertz CT molecular complexity index is 796. The van der Waals surface area contributed by atoms with Gasteiger partial charge >= 0.3 is 0 Å². The van der Waals surface area contributed by atoms with E-state index in [1.807, 2.05) is 24.1 Å². The van der Waals surface area contributed by atoms with Crippen LogP contribution in [-0.2, 0) is 11.3 Å². The average Bonchev–Trinajstić information content (AvgIpc) is 2.62. The molecule has 2 aromatic rings. The number of likely N-dealkylation sites (N-methyl/N-ethyl adjacent to an activating group) is 1. The molecule has 8 heteroatoms. The zero-order chi connectivity index (χ0) is 19.3. The number of anilines is 1. The van der Waals surface area contributed by atoms with Crippen LogP contribution < -0.4 is 10.1 Å². The molecule has 0 fully saturated rings. The number of hydrogen-bond donors (Lipinski definition) is 1. The van der Waals surface area contributed by atoms with Gasteiger partial charge in [0.1, 0.15) is 5.75 Å². The van der Waals surface area contributed by atoms with Gasteiger partial charge in [0.15, 0.2) is 0 Å². The summed E-state index contributed by atoms with van der Waals surface area (Å²) in [7, 11) is 3.23. The fraction of sp³-hybridized carbons (Fsp3) is 0.278. The van der Waals surface area contributed by atoms with Gasteiger partial charge in [-0.05, 0) is 37.7 Å². The third kappa shape index (κ3) is 4.93. The highest BCUT2D eigenvalue weighted by atomic mass is 35.5. The van der Waals surface area contributed by atoms with Gasteiger partial charge in [0.25, 0.3) is 5.69 Å². The van der Waals surface area contributed by atoms with Crippen LogP contribution in [0.25, 0.3) is 0 Å². The van der Waals surface area contributed by atoms with Crippen LogP contribution in [0.15, 0.2) is 42.5 Å². The lowest BCUT2D eigenvalue weighted by Crippen LogP contribution is -2.39. The zero-order valence-corrected chi connectivity index (χ0v) is 15.5. The molecule has 0 aliphatic heterocycles. The largest absolute Gasteiger partial charge is 0.494 e. The molecule has 0 radical (unpaired) electrons. The summed E-state index contributed by atoms with van der Waals surface area (Å²) in [6.45, 7) is 2.35. The first kappa shape index (κ1) is 19.7. The summed E-state index contributed by atoms with van der Waals surface area (Å²) in [5, 5.41) is 14.3. The lowest BCUT2D eigenvalue weighted by molar-refractivity contribution is -0.384. The summed E-state index contributed by atoms with van der Waals surface area (Å²) in [5.74, 6) is -0.00581. The topological polar surface area (TPSA) is 84.7 Å². The number of methoxy groups -OCH3 is 1. The molecule has 0 unspecified atom stereocenters. The number of carbonyl (C=O) groups is 1. The maximum absolute atomic E-state index is 12.5. The van der Waals surface area contributed by atoms with Crippen molar-refractivity contribution in [3.8, 4) is 5.75 Å². The van der Waals surface area contributed by atoms with Crippen molar-refractivity contribution >= 4 is 28.9 Å². The Morgan fingerprint density at radius 2 is 1.96 bits per heavy atom. The quantitative estimate of drug-likeness (QED) is 0.587. The molecule has 138 valence electrons. The number of halogens is 1. The standard InChI is InChI=1S/C18H20ClN3O4/c1-12(21(2)11-13-4-6-14(19)7-5-13)18(23)20-16-9-8-15(22(24)25)10-17(16)26-3/h4-10,12H,11H2,1-3H3,(H,20,23)/t12-/m0/s1. The Balaban J connectivity index is 2.06. The monoisotopic (exact) mass is 377 g/mol. The molecule has 0 aliphatic carbocycles. The number of nitrogens with one attached hydrogen (secondary N) is 1. The fourth-order valence-corrected chi connectivity index (χ4v) is 2.47. The molecule has 1 amide bonds. The molecular formula is C18H20ClN3O4. The van der Waals surface area contributed by atoms with Crippen molar-refractivity contribution < 1.29 is 14.5 Å². The van der Waals surface area contributed by atoms with Gasteiger partial charge < -0.3 is 10.1 Å². The van der Waals surface area contributed by atoms with E-state index in [2.05, 4.69) is 5.32 Å². The van der Waals surface area contributed by atoms with Gasteiger partial charge in [0.05, 0.1) is 29.8 Å². The molecule has 0 bridgehead atoms. The van der Waals surface area contributed by atoms with E-state index in [4.69, 9.17) is 16.3 Å². The lowest BCUT2D eigenvalue weighted by atomic mass is 10.2. The molecule has 26 heavy (non-hydrogen) atoms. The first-order chi connectivity index (χ1) is 12.3. The van der Waals surface area contributed by atoms with Crippen LogP contribution in [0.4, 0.5) is 11.4 Å². The summed E-state index contributed by atoms with van der Waals surface area (Å²) in [4.78, 5) is 24.7.